The maximum atomic E-state index is 13.2. The van der Waals surface area contributed by atoms with Gasteiger partial charge in [-0.2, -0.15) is 4.31 Å². The zero-order valence-electron chi connectivity index (χ0n) is 13.4. The van der Waals surface area contributed by atoms with E-state index in [0.29, 0.717) is 17.1 Å². The first-order chi connectivity index (χ1) is 12.7. The molecule has 4 rings (SSSR count). The summed E-state index contributed by atoms with van der Waals surface area (Å²) in [5.41, 5.74) is 1.10. The van der Waals surface area contributed by atoms with Crippen LogP contribution in [0.2, 0.25) is 0 Å². The van der Waals surface area contributed by atoms with E-state index in [1.54, 1.807) is 42.5 Å². The SMILES string of the molecule is O=S(=O)(c1ccc(-c2ncco2)cc1)N(c1ccccc1)c1ncco1. The average molecular weight is 367 g/mol. The van der Waals surface area contributed by atoms with Gasteiger partial charge in [0.2, 0.25) is 5.89 Å². The lowest BCUT2D eigenvalue weighted by Gasteiger charge is -2.20. The van der Waals surface area contributed by atoms with E-state index >= 15 is 0 Å². The Hall–Kier alpha value is -3.39. The monoisotopic (exact) mass is 367 g/mol. The molecule has 0 aliphatic rings. The number of rotatable bonds is 5. The van der Waals surface area contributed by atoms with Gasteiger partial charge in [0.15, 0.2) is 0 Å². The molecular formula is C18H13N3O4S. The van der Waals surface area contributed by atoms with Crippen molar-refractivity contribution in [2.24, 2.45) is 0 Å². The molecule has 0 N–H and O–H groups in total. The Labute approximate surface area is 149 Å². The summed E-state index contributed by atoms with van der Waals surface area (Å²) >= 11 is 0. The topological polar surface area (TPSA) is 89.4 Å². The van der Waals surface area contributed by atoms with Crippen molar-refractivity contribution >= 4 is 21.7 Å². The van der Waals surface area contributed by atoms with Gasteiger partial charge in [0, 0.05) is 5.56 Å². The van der Waals surface area contributed by atoms with Crippen LogP contribution in [-0.4, -0.2) is 18.4 Å². The summed E-state index contributed by atoms with van der Waals surface area (Å²) < 4.78 is 38.0. The number of anilines is 2. The number of hydrogen-bond donors (Lipinski definition) is 0. The molecular weight excluding hydrogens is 354 g/mol. The normalized spacial score (nSPS) is 11.4. The molecule has 0 atom stereocenters. The number of aromatic nitrogens is 2. The first kappa shape index (κ1) is 16.1. The first-order valence-electron chi connectivity index (χ1n) is 7.66. The molecule has 0 unspecified atom stereocenters. The van der Waals surface area contributed by atoms with Crippen LogP contribution in [0.25, 0.3) is 11.5 Å². The lowest BCUT2D eigenvalue weighted by Crippen LogP contribution is -2.26. The molecule has 0 radical (unpaired) electrons. The van der Waals surface area contributed by atoms with Gasteiger partial charge in [-0.05, 0) is 36.4 Å². The second-order valence-corrected chi connectivity index (χ2v) is 7.07. The lowest BCUT2D eigenvalue weighted by atomic mass is 10.2. The third kappa shape index (κ3) is 2.86. The third-order valence-electron chi connectivity index (χ3n) is 3.66. The Kier molecular flexibility index (Phi) is 4.02. The van der Waals surface area contributed by atoms with E-state index in [4.69, 9.17) is 8.83 Å². The van der Waals surface area contributed by atoms with Gasteiger partial charge >= 0.3 is 6.01 Å². The Morgan fingerprint density at radius 2 is 1.50 bits per heavy atom. The summed E-state index contributed by atoms with van der Waals surface area (Å²) in [5.74, 6) is 0.418. The van der Waals surface area contributed by atoms with Crippen molar-refractivity contribution < 1.29 is 17.3 Å². The quantitative estimate of drug-likeness (QED) is 0.532. The molecule has 0 saturated carbocycles. The molecule has 26 heavy (non-hydrogen) atoms. The van der Waals surface area contributed by atoms with E-state index in [0.717, 1.165) is 4.31 Å². The summed E-state index contributed by atoms with van der Waals surface area (Å²) in [5, 5.41) is 0. The van der Waals surface area contributed by atoms with E-state index in [2.05, 4.69) is 9.97 Å². The van der Waals surface area contributed by atoms with Crippen LogP contribution in [0.1, 0.15) is 0 Å². The van der Waals surface area contributed by atoms with Crippen LogP contribution < -0.4 is 4.31 Å². The second kappa shape index (κ2) is 6.49. The zero-order chi connectivity index (χ0) is 18.0. The Balaban J connectivity index is 1.78. The van der Waals surface area contributed by atoms with Crippen molar-refractivity contribution in [3.05, 3.63) is 79.5 Å². The van der Waals surface area contributed by atoms with Crippen LogP contribution in [-0.2, 0) is 10.0 Å². The molecule has 0 amide bonds. The fraction of sp³-hybridized carbons (Fsp3) is 0. The first-order valence-corrected chi connectivity index (χ1v) is 9.10. The number of oxazole rings is 2. The van der Waals surface area contributed by atoms with Gasteiger partial charge in [0.1, 0.15) is 12.5 Å². The highest BCUT2D eigenvalue weighted by atomic mass is 32.2. The highest BCUT2D eigenvalue weighted by Gasteiger charge is 2.29. The zero-order valence-corrected chi connectivity index (χ0v) is 14.2. The van der Waals surface area contributed by atoms with Crippen LogP contribution in [0.3, 0.4) is 0 Å². The molecule has 2 heterocycles. The maximum absolute atomic E-state index is 13.2. The Morgan fingerprint density at radius 3 is 2.12 bits per heavy atom. The predicted molar refractivity (Wildman–Crippen MR) is 94.2 cm³/mol. The van der Waals surface area contributed by atoms with E-state index in [9.17, 15) is 8.42 Å². The molecule has 0 saturated heterocycles. The summed E-state index contributed by atoms with van der Waals surface area (Å²) in [7, 11) is -3.94. The molecule has 0 aliphatic carbocycles. The smallest absolute Gasteiger partial charge is 0.316 e. The molecule has 0 fully saturated rings. The summed E-state index contributed by atoms with van der Waals surface area (Å²) in [4.78, 5) is 8.14. The molecule has 8 heteroatoms. The molecule has 7 nitrogen and oxygen atoms in total. The van der Waals surface area contributed by atoms with E-state index in [-0.39, 0.29) is 10.9 Å². The van der Waals surface area contributed by atoms with Crippen LogP contribution >= 0.6 is 0 Å². The fourth-order valence-electron chi connectivity index (χ4n) is 2.47. The van der Waals surface area contributed by atoms with Crippen molar-refractivity contribution in [1.82, 2.24) is 9.97 Å². The number of para-hydroxylation sites is 1. The Bertz CT molecular complexity index is 1080. The maximum Gasteiger partial charge on any atom is 0.316 e. The molecule has 0 bridgehead atoms. The van der Waals surface area contributed by atoms with Crippen molar-refractivity contribution in [3.63, 3.8) is 0 Å². The van der Waals surface area contributed by atoms with Crippen molar-refractivity contribution in [2.75, 3.05) is 4.31 Å². The van der Waals surface area contributed by atoms with Gasteiger partial charge in [0.25, 0.3) is 10.0 Å². The minimum Gasteiger partial charge on any atom is -0.445 e. The minimum absolute atomic E-state index is 0.0343. The van der Waals surface area contributed by atoms with Crippen LogP contribution in [0.4, 0.5) is 11.7 Å². The van der Waals surface area contributed by atoms with Gasteiger partial charge < -0.3 is 8.83 Å². The highest BCUT2D eigenvalue weighted by Crippen LogP contribution is 2.31. The standard InChI is InChI=1S/C18H13N3O4S/c22-26(23,16-8-6-14(7-9-16)17-19-10-12-24-17)21(18-20-11-13-25-18)15-4-2-1-3-5-15/h1-13H. The largest absolute Gasteiger partial charge is 0.445 e. The number of nitrogens with zero attached hydrogens (tertiary/aromatic N) is 3. The van der Waals surface area contributed by atoms with Crippen LogP contribution in [0.5, 0.6) is 0 Å². The van der Waals surface area contributed by atoms with Gasteiger partial charge in [0.05, 0.1) is 23.0 Å². The minimum atomic E-state index is -3.94. The van der Waals surface area contributed by atoms with Crippen LogP contribution in [0, 0.1) is 0 Å². The summed E-state index contributed by atoms with van der Waals surface area (Å²) in [6, 6.07) is 14.9. The van der Waals surface area contributed by atoms with Crippen molar-refractivity contribution in [2.45, 2.75) is 4.90 Å². The molecule has 0 aliphatic heterocycles. The number of hydrogen-bond acceptors (Lipinski definition) is 6. The van der Waals surface area contributed by atoms with Gasteiger partial charge in [-0.3, -0.25) is 0 Å². The van der Waals surface area contributed by atoms with Crippen LogP contribution in [0.15, 0.2) is 93.2 Å². The molecule has 130 valence electrons. The van der Waals surface area contributed by atoms with Crippen molar-refractivity contribution in [1.29, 1.82) is 0 Å². The average Bonchev–Trinajstić information content (AvgIpc) is 3.37. The fourth-order valence-corrected chi connectivity index (χ4v) is 3.86. The predicted octanol–water partition coefficient (Wildman–Crippen LogP) is 3.86. The summed E-state index contributed by atoms with van der Waals surface area (Å²) in [6.07, 6.45) is 5.71. The molecule has 4 aromatic rings. The number of sulfonamides is 1. The van der Waals surface area contributed by atoms with E-state index < -0.39 is 10.0 Å². The molecule has 2 aromatic heterocycles. The second-order valence-electron chi connectivity index (χ2n) is 5.28. The molecule has 0 spiro atoms. The van der Waals surface area contributed by atoms with E-state index in [1.165, 1.54) is 37.1 Å². The van der Waals surface area contributed by atoms with Gasteiger partial charge in [-0.1, -0.05) is 18.2 Å². The number of benzene rings is 2. The Morgan fingerprint density at radius 1 is 0.808 bits per heavy atom. The molecule has 2 aromatic carbocycles. The highest BCUT2D eigenvalue weighted by molar-refractivity contribution is 7.93. The van der Waals surface area contributed by atoms with E-state index in [1.807, 2.05) is 0 Å². The summed E-state index contributed by atoms with van der Waals surface area (Å²) in [6.45, 7) is 0. The van der Waals surface area contributed by atoms with Gasteiger partial charge in [-0.15, -0.1) is 0 Å². The third-order valence-corrected chi connectivity index (χ3v) is 5.37. The van der Waals surface area contributed by atoms with Crippen molar-refractivity contribution in [3.8, 4) is 11.5 Å². The lowest BCUT2D eigenvalue weighted by molar-refractivity contribution is 0.556. The van der Waals surface area contributed by atoms with Gasteiger partial charge in [-0.25, -0.2) is 18.4 Å².